The fraction of sp³-hybridized carbons (Fsp3) is 0.538. The number of aliphatic hydroxyl groups is 1. The maximum atomic E-state index is 9.66. The monoisotopic (exact) mass is 270 g/mol. The van der Waals surface area contributed by atoms with Crippen LogP contribution in [-0.4, -0.2) is 38.0 Å². The van der Waals surface area contributed by atoms with Gasteiger partial charge in [0.25, 0.3) is 0 Å². The first-order valence-corrected chi connectivity index (χ1v) is 6.50. The standard InChI is InChI=1S/C13H19ClN2O2/c1-18-13-3-2-9(4-11(13)14)5-15-6-10-7-16-8-12(10)17/h2-4,10,12,15-17H,5-8H2,1H3. The van der Waals surface area contributed by atoms with E-state index in [1.165, 1.54) is 0 Å². The van der Waals surface area contributed by atoms with Crippen LogP contribution in [0.1, 0.15) is 5.56 Å². The van der Waals surface area contributed by atoms with Crippen molar-refractivity contribution in [2.45, 2.75) is 12.6 Å². The number of β-amino-alcohol motifs (C(OH)–C–C–N with tert-alkyl or cyclic N) is 1. The molecule has 1 aliphatic heterocycles. The highest BCUT2D eigenvalue weighted by atomic mass is 35.5. The number of methoxy groups -OCH3 is 1. The van der Waals surface area contributed by atoms with Crippen molar-refractivity contribution < 1.29 is 9.84 Å². The van der Waals surface area contributed by atoms with Gasteiger partial charge in [0.2, 0.25) is 0 Å². The van der Waals surface area contributed by atoms with Gasteiger partial charge in [-0.1, -0.05) is 17.7 Å². The summed E-state index contributed by atoms with van der Waals surface area (Å²) in [5, 5.41) is 16.8. The van der Waals surface area contributed by atoms with E-state index in [1.54, 1.807) is 7.11 Å². The van der Waals surface area contributed by atoms with Crippen LogP contribution in [0.4, 0.5) is 0 Å². The summed E-state index contributed by atoms with van der Waals surface area (Å²) in [6.07, 6.45) is -0.239. The zero-order chi connectivity index (χ0) is 13.0. The molecule has 0 bridgehead atoms. The average molecular weight is 271 g/mol. The minimum absolute atomic E-state index is 0.239. The minimum atomic E-state index is -0.239. The van der Waals surface area contributed by atoms with Gasteiger partial charge < -0.3 is 20.5 Å². The van der Waals surface area contributed by atoms with E-state index < -0.39 is 0 Å². The van der Waals surface area contributed by atoms with Crippen molar-refractivity contribution >= 4 is 11.6 Å². The van der Waals surface area contributed by atoms with Gasteiger partial charge in [-0.15, -0.1) is 0 Å². The predicted molar refractivity (Wildman–Crippen MR) is 72.1 cm³/mol. The van der Waals surface area contributed by atoms with Crippen molar-refractivity contribution in [1.29, 1.82) is 0 Å². The van der Waals surface area contributed by atoms with Crippen LogP contribution in [-0.2, 0) is 6.54 Å². The second-order valence-corrected chi connectivity index (χ2v) is 4.99. The lowest BCUT2D eigenvalue weighted by Crippen LogP contribution is -2.30. The Balaban J connectivity index is 1.81. The molecule has 0 amide bonds. The lowest BCUT2D eigenvalue weighted by molar-refractivity contribution is 0.146. The van der Waals surface area contributed by atoms with E-state index in [0.717, 1.165) is 25.2 Å². The molecular formula is C13H19ClN2O2. The Morgan fingerprint density at radius 1 is 1.50 bits per heavy atom. The highest BCUT2D eigenvalue weighted by Gasteiger charge is 2.23. The predicted octanol–water partition coefficient (Wildman–Crippen LogP) is 1.02. The Labute approximate surface area is 112 Å². The molecule has 1 saturated heterocycles. The van der Waals surface area contributed by atoms with Crippen LogP contribution in [0.3, 0.4) is 0 Å². The van der Waals surface area contributed by atoms with E-state index in [2.05, 4.69) is 10.6 Å². The molecule has 0 aromatic heterocycles. The molecule has 4 nitrogen and oxygen atoms in total. The Kier molecular flexibility index (Phi) is 4.83. The number of benzene rings is 1. The molecule has 18 heavy (non-hydrogen) atoms. The molecule has 0 aliphatic carbocycles. The molecule has 5 heteroatoms. The summed E-state index contributed by atoms with van der Waals surface area (Å²) in [5.74, 6) is 0.981. The molecule has 0 spiro atoms. The second kappa shape index (κ2) is 6.38. The molecule has 3 N–H and O–H groups in total. The lowest BCUT2D eigenvalue weighted by Gasteiger charge is -2.14. The van der Waals surface area contributed by atoms with E-state index in [0.29, 0.717) is 23.2 Å². The maximum absolute atomic E-state index is 9.66. The van der Waals surface area contributed by atoms with Gasteiger partial charge in [0.15, 0.2) is 0 Å². The van der Waals surface area contributed by atoms with Gasteiger partial charge in [-0.2, -0.15) is 0 Å². The van der Waals surface area contributed by atoms with Crippen LogP contribution in [0.25, 0.3) is 0 Å². The molecule has 1 aliphatic rings. The zero-order valence-corrected chi connectivity index (χ0v) is 11.2. The van der Waals surface area contributed by atoms with Crippen LogP contribution in [0.2, 0.25) is 5.02 Å². The fourth-order valence-corrected chi connectivity index (χ4v) is 2.43. The highest BCUT2D eigenvalue weighted by molar-refractivity contribution is 6.32. The first-order chi connectivity index (χ1) is 8.70. The first kappa shape index (κ1) is 13.6. The molecule has 2 atom stereocenters. The zero-order valence-electron chi connectivity index (χ0n) is 10.4. The molecule has 1 aromatic rings. The maximum Gasteiger partial charge on any atom is 0.137 e. The summed E-state index contributed by atoms with van der Waals surface area (Å²) in [6, 6.07) is 5.75. The smallest absolute Gasteiger partial charge is 0.137 e. The Morgan fingerprint density at radius 2 is 2.33 bits per heavy atom. The van der Waals surface area contributed by atoms with Gasteiger partial charge >= 0.3 is 0 Å². The van der Waals surface area contributed by atoms with Gasteiger partial charge in [-0.05, 0) is 17.7 Å². The van der Waals surface area contributed by atoms with Gasteiger partial charge in [-0.3, -0.25) is 0 Å². The minimum Gasteiger partial charge on any atom is -0.495 e. The summed E-state index contributed by atoms with van der Waals surface area (Å²) in [6.45, 7) is 3.11. The van der Waals surface area contributed by atoms with Gasteiger partial charge in [-0.25, -0.2) is 0 Å². The summed E-state index contributed by atoms with van der Waals surface area (Å²) in [4.78, 5) is 0. The lowest BCUT2D eigenvalue weighted by atomic mass is 10.1. The summed E-state index contributed by atoms with van der Waals surface area (Å²) >= 11 is 6.06. The van der Waals surface area contributed by atoms with Crippen LogP contribution in [0.15, 0.2) is 18.2 Å². The van der Waals surface area contributed by atoms with Crippen LogP contribution in [0, 0.1) is 5.92 Å². The number of nitrogens with one attached hydrogen (secondary N) is 2. The summed E-state index contributed by atoms with van der Waals surface area (Å²) in [5.41, 5.74) is 1.11. The van der Waals surface area contributed by atoms with E-state index in [1.807, 2.05) is 18.2 Å². The van der Waals surface area contributed by atoms with E-state index >= 15 is 0 Å². The molecule has 1 fully saturated rings. The highest BCUT2D eigenvalue weighted by Crippen LogP contribution is 2.24. The quantitative estimate of drug-likeness (QED) is 0.748. The van der Waals surface area contributed by atoms with Gasteiger partial charge in [0.1, 0.15) is 5.75 Å². The van der Waals surface area contributed by atoms with Crippen molar-refractivity contribution in [1.82, 2.24) is 10.6 Å². The number of hydrogen-bond donors (Lipinski definition) is 3. The Hall–Kier alpha value is -0.810. The van der Waals surface area contributed by atoms with Crippen molar-refractivity contribution in [3.63, 3.8) is 0 Å². The molecule has 1 aromatic carbocycles. The Bertz CT molecular complexity index is 401. The van der Waals surface area contributed by atoms with Crippen molar-refractivity contribution in [2.24, 2.45) is 5.92 Å². The summed E-state index contributed by atoms with van der Waals surface area (Å²) in [7, 11) is 1.60. The average Bonchev–Trinajstić information content (AvgIpc) is 2.75. The first-order valence-electron chi connectivity index (χ1n) is 6.12. The molecular weight excluding hydrogens is 252 g/mol. The van der Waals surface area contributed by atoms with Crippen LogP contribution >= 0.6 is 11.6 Å². The fourth-order valence-electron chi connectivity index (χ4n) is 2.15. The molecule has 1 heterocycles. The largest absolute Gasteiger partial charge is 0.495 e. The number of aliphatic hydroxyl groups excluding tert-OH is 1. The third-order valence-electron chi connectivity index (χ3n) is 3.26. The molecule has 2 rings (SSSR count). The number of ether oxygens (including phenoxy) is 1. The number of hydrogen-bond acceptors (Lipinski definition) is 4. The third-order valence-corrected chi connectivity index (χ3v) is 3.55. The summed E-state index contributed by atoms with van der Waals surface area (Å²) < 4.78 is 5.11. The van der Waals surface area contributed by atoms with Gasteiger partial charge in [0.05, 0.1) is 18.2 Å². The van der Waals surface area contributed by atoms with Crippen LogP contribution < -0.4 is 15.4 Å². The normalized spacial score (nSPS) is 23.3. The third kappa shape index (κ3) is 3.36. The van der Waals surface area contributed by atoms with E-state index in [9.17, 15) is 5.11 Å². The van der Waals surface area contributed by atoms with Crippen molar-refractivity contribution in [2.75, 3.05) is 26.7 Å². The van der Waals surface area contributed by atoms with Gasteiger partial charge in [0, 0.05) is 32.1 Å². The number of rotatable bonds is 5. The van der Waals surface area contributed by atoms with Crippen LogP contribution in [0.5, 0.6) is 5.75 Å². The molecule has 0 saturated carbocycles. The molecule has 2 unspecified atom stereocenters. The Morgan fingerprint density at radius 3 is 2.94 bits per heavy atom. The second-order valence-electron chi connectivity index (χ2n) is 4.59. The SMILES string of the molecule is COc1ccc(CNCC2CNCC2O)cc1Cl. The topological polar surface area (TPSA) is 53.5 Å². The van der Waals surface area contributed by atoms with E-state index in [-0.39, 0.29) is 6.10 Å². The van der Waals surface area contributed by atoms with Crippen molar-refractivity contribution in [3.05, 3.63) is 28.8 Å². The van der Waals surface area contributed by atoms with E-state index in [4.69, 9.17) is 16.3 Å². The molecule has 100 valence electrons. The number of halogens is 1. The van der Waals surface area contributed by atoms with Crippen molar-refractivity contribution in [3.8, 4) is 5.75 Å². The molecule has 0 radical (unpaired) electrons.